The van der Waals surface area contributed by atoms with Crippen LogP contribution in [0.5, 0.6) is 0 Å². The maximum Gasteiger partial charge on any atom is 0.244 e. The van der Waals surface area contributed by atoms with E-state index in [9.17, 15) is 18.0 Å². The number of nitrogens with one attached hydrogen (secondary N) is 1. The molecule has 0 radical (unpaired) electrons. The zero-order chi connectivity index (χ0) is 29.4. The Morgan fingerprint density at radius 1 is 0.951 bits per heavy atom. The quantitative estimate of drug-likeness (QED) is 0.284. The minimum absolute atomic E-state index is 0.0764. The van der Waals surface area contributed by atoms with E-state index in [1.807, 2.05) is 73.7 Å². The van der Waals surface area contributed by atoms with Crippen LogP contribution in [0.15, 0.2) is 83.3 Å². The van der Waals surface area contributed by atoms with E-state index in [0.717, 1.165) is 57.4 Å². The number of aryl methyl sites for hydroxylation is 1. The van der Waals surface area contributed by atoms with Crippen molar-refractivity contribution >= 4 is 43.5 Å². The second-order valence-electron chi connectivity index (χ2n) is 10.6. The Hall–Kier alpha value is -3.17. The van der Waals surface area contributed by atoms with Gasteiger partial charge in [0.05, 0.1) is 11.9 Å². The second kappa shape index (κ2) is 14.1. The average Bonchev–Trinajstić information content (AvgIpc) is 3.46. The molecule has 1 atom stereocenters. The van der Waals surface area contributed by atoms with Crippen molar-refractivity contribution in [2.24, 2.45) is 0 Å². The van der Waals surface area contributed by atoms with E-state index < -0.39 is 28.5 Å². The lowest BCUT2D eigenvalue weighted by molar-refractivity contribution is -0.140. The first-order valence-electron chi connectivity index (χ1n) is 14.1. The first-order chi connectivity index (χ1) is 19.7. The van der Waals surface area contributed by atoms with Crippen LogP contribution >= 0.6 is 15.9 Å². The number of carbonyl (C=O) groups excluding carboxylic acids is 2. The van der Waals surface area contributed by atoms with Crippen LogP contribution < -0.4 is 9.62 Å². The normalized spacial score (nSPS) is 14.4. The van der Waals surface area contributed by atoms with Crippen molar-refractivity contribution in [1.82, 2.24) is 10.2 Å². The van der Waals surface area contributed by atoms with Gasteiger partial charge >= 0.3 is 0 Å². The third kappa shape index (κ3) is 8.42. The summed E-state index contributed by atoms with van der Waals surface area (Å²) in [6, 6.07) is 23.7. The molecule has 218 valence electrons. The van der Waals surface area contributed by atoms with Gasteiger partial charge in [0.15, 0.2) is 0 Å². The van der Waals surface area contributed by atoms with Gasteiger partial charge in [-0.1, -0.05) is 96.4 Å². The number of amides is 2. The molecule has 3 aromatic carbocycles. The zero-order valence-electron chi connectivity index (χ0n) is 23.6. The molecule has 0 aromatic heterocycles. The summed E-state index contributed by atoms with van der Waals surface area (Å²) >= 11 is 3.51. The van der Waals surface area contributed by atoms with Crippen LogP contribution in [-0.2, 0) is 39.0 Å². The van der Waals surface area contributed by atoms with Crippen LogP contribution in [0.3, 0.4) is 0 Å². The maximum absolute atomic E-state index is 14.3. The molecule has 2 amide bonds. The molecule has 7 nitrogen and oxygen atoms in total. The van der Waals surface area contributed by atoms with Gasteiger partial charge in [-0.2, -0.15) is 0 Å². The van der Waals surface area contributed by atoms with Crippen molar-refractivity contribution in [2.45, 2.75) is 64.1 Å². The van der Waals surface area contributed by atoms with E-state index in [4.69, 9.17) is 0 Å². The lowest BCUT2D eigenvalue weighted by Crippen LogP contribution is -2.54. The van der Waals surface area contributed by atoms with Crippen LogP contribution in [0.1, 0.15) is 49.3 Å². The fourth-order valence-electron chi connectivity index (χ4n) is 5.40. The van der Waals surface area contributed by atoms with Gasteiger partial charge in [-0.25, -0.2) is 8.42 Å². The topological polar surface area (TPSA) is 86.8 Å². The Balaban J connectivity index is 1.74. The standard InChI is InChI=1S/C32H38BrN3O4S/c1-3-26-15-7-10-19-29(26)36(41(2,39)40)23-31(37)35(22-25-14-11-16-27(33)20-25)30(21-24-12-5-4-6-13-24)32(38)34-28-17-8-9-18-28/h4-7,10-16,19-20,28,30H,3,8-9,17-18,21-23H2,1-2H3,(H,34,38). The number of sulfonamides is 1. The average molecular weight is 641 g/mol. The fraction of sp³-hybridized carbons (Fsp3) is 0.375. The number of hydrogen-bond acceptors (Lipinski definition) is 4. The largest absolute Gasteiger partial charge is 0.352 e. The maximum atomic E-state index is 14.3. The SMILES string of the molecule is CCc1ccccc1N(CC(=O)N(Cc1cccc(Br)c1)C(Cc1ccccc1)C(=O)NC1CCCC1)S(C)(=O)=O. The van der Waals surface area contributed by atoms with E-state index in [1.54, 1.807) is 17.0 Å². The van der Waals surface area contributed by atoms with E-state index in [1.165, 1.54) is 0 Å². The van der Waals surface area contributed by atoms with Gasteiger partial charge in [0.1, 0.15) is 12.6 Å². The molecule has 1 aliphatic carbocycles. The van der Waals surface area contributed by atoms with E-state index in [0.29, 0.717) is 18.5 Å². The number of carbonyl (C=O) groups is 2. The van der Waals surface area contributed by atoms with Crippen molar-refractivity contribution < 1.29 is 18.0 Å². The predicted octanol–water partition coefficient (Wildman–Crippen LogP) is 5.48. The van der Waals surface area contributed by atoms with Crippen LogP contribution in [0.4, 0.5) is 5.69 Å². The molecule has 1 aliphatic rings. The van der Waals surface area contributed by atoms with Crippen molar-refractivity contribution in [1.29, 1.82) is 0 Å². The molecule has 1 fully saturated rings. The molecule has 3 aromatic rings. The Labute approximate surface area is 252 Å². The Morgan fingerprint density at radius 3 is 2.27 bits per heavy atom. The minimum atomic E-state index is -3.80. The second-order valence-corrected chi connectivity index (χ2v) is 13.4. The third-order valence-corrected chi connectivity index (χ3v) is 9.15. The molecule has 9 heteroatoms. The van der Waals surface area contributed by atoms with Gasteiger partial charge in [0, 0.05) is 23.5 Å². The highest BCUT2D eigenvalue weighted by molar-refractivity contribution is 9.10. The van der Waals surface area contributed by atoms with Crippen molar-refractivity contribution in [3.8, 4) is 0 Å². The highest BCUT2D eigenvalue weighted by atomic mass is 79.9. The highest BCUT2D eigenvalue weighted by Gasteiger charge is 2.34. The molecule has 0 bridgehead atoms. The van der Waals surface area contributed by atoms with Crippen LogP contribution in [0, 0.1) is 0 Å². The molecule has 0 aliphatic heterocycles. The third-order valence-electron chi connectivity index (χ3n) is 7.54. The highest BCUT2D eigenvalue weighted by Crippen LogP contribution is 2.25. The summed E-state index contributed by atoms with van der Waals surface area (Å²) in [7, 11) is -3.80. The summed E-state index contributed by atoms with van der Waals surface area (Å²) in [6.45, 7) is 1.69. The molecule has 41 heavy (non-hydrogen) atoms. The Bertz CT molecular complexity index is 1440. The zero-order valence-corrected chi connectivity index (χ0v) is 26.0. The summed E-state index contributed by atoms with van der Waals surface area (Å²) in [5.41, 5.74) is 3.05. The van der Waals surface area contributed by atoms with Gasteiger partial charge in [-0.3, -0.25) is 13.9 Å². The van der Waals surface area contributed by atoms with Crippen molar-refractivity contribution in [3.63, 3.8) is 0 Å². The molecule has 1 N–H and O–H groups in total. The smallest absolute Gasteiger partial charge is 0.244 e. The molecule has 1 saturated carbocycles. The van der Waals surface area contributed by atoms with E-state index in [-0.39, 0.29) is 18.5 Å². The van der Waals surface area contributed by atoms with E-state index in [2.05, 4.69) is 21.2 Å². The Morgan fingerprint density at radius 2 is 1.61 bits per heavy atom. The summed E-state index contributed by atoms with van der Waals surface area (Å²) in [5.74, 6) is -0.659. The van der Waals surface area contributed by atoms with Crippen molar-refractivity contribution in [3.05, 3.63) is 100 Å². The van der Waals surface area contributed by atoms with Gasteiger partial charge in [0.25, 0.3) is 0 Å². The number of nitrogens with zero attached hydrogens (tertiary/aromatic N) is 2. The van der Waals surface area contributed by atoms with Crippen molar-refractivity contribution in [2.75, 3.05) is 17.1 Å². The van der Waals surface area contributed by atoms with Crippen LogP contribution in [0.2, 0.25) is 0 Å². The monoisotopic (exact) mass is 639 g/mol. The molecule has 4 rings (SSSR count). The first kappa shape index (κ1) is 30.8. The number of para-hydroxylation sites is 1. The minimum Gasteiger partial charge on any atom is -0.352 e. The number of rotatable bonds is 12. The van der Waals surface area contributed by atoms with Crippen LogP contribution in [-0.4, -0.2) is 50.0 Å². The number of benzene rings is 3. The number of anilines is 1. The summed E-state index contributed by atoms with van der Waals surface area (Å²) < 4.78 is 28.1. The lowest BCUT2D eigenvalue weighted by Gasteiger charge is -2.34. The first-order valence-corrected chi connectivity index (χ1v) is 16.7. The van der Waals surface area contributed by atoms with Crippen LogP contribution in [0.25, 0.3) is 0 Å². The molecular formula is C32H38BrN3O4S. The number of halogens is 1. The fourth-order valence-corrected chi connectivity index (χ4v) is 6.73. The summed E-state index contributed by atoms with van der Waals surface area (Å²) in [6.07, 6.45) is 5.99. The Kier molecular flexibility index (Phi) is 10.6. The summed E-state index contributed by atoms with van der Waals surface area (Å²) in [4.78, 5) is 29.7. The van der Waals surface area contributed by atoms with E-state index >= 15 is 0 Å². The van der Waals surface area contributed by atoms with Gasteiger partial charge in [-0.05, 0) is 54.2 Å². The van der Waals surface area contributed by atoms with Gasteiger partial charge in [0.2, 0.25) is 21.8 Å². The molecular weight excluding hydrogens is 602 g/mol. The molecule has 0 spiro atoms. The summed E-state index contributed by atoms with van der Waals surface area (Å²) in [5, 5.41) is 3.19. The molecule has 0 heterocycles. The molecule has 0 saturated heterocycles. The number of hydrogen-bond donors (Lipinski definition) is 1. The van der Waals surface area contributed by atoms with Gasteiger partial charge < -0.3 is 10.2 Å². The van der Waals surface area contributed by atoms with Gasteiger partial charge in [-0.15, -0.1) is 0 Å². The predicted molar refractivity (Wildman–Crippen MR) is 167 cm³/mol. The molecule has 1 unspecified atom stereocenters. The lowest BCUT2D eigenvalue weighted by atomic mass is 10.0.